The van der Waals surface area contributed by atoms with Crippen LogP contribution in [0.25, 0.3) is 5.69 Å². The first-order chi connectivity index (χ1) is 14.5. The molecule has 0 atom stereocenters. The summed E-state index contributed by atoms with van der Waals surface area (Å²) >= 11 is 6.04. The molecule has 1 heterocycles. The molecule has 0 fully saturated rings. The average Bonchev–Trinajstić information content (AvgIpc) is 2.68. The predicted molar refractivity (Wildman–Crippen MR) is 105 cm³/mol. The summed E-state index contributed by atoms with van der Waals surface area (Å²) in [7, 11) is 0.824. The lowest BCUT2D eigenvalue weighted by Crippen LogP contribution is -2.41. The Bertz CT molecular complexity index is 1250. The standard InChI is InChI=1S/C20H15ClF4N2O4/c1-3-30-14-6-4-5-7-15(14)31-16-9-13(12(22)8-11(16)21)27-18(28)10-17(20(23,24)25)26(2)19(27)29/h4-10H,3H2,1-2H3. The smallest absolute Gasteiger partial charge is 0.431 e. The van der Waals surface area contributed by atoms with E-state index in [4.69, 9.17) is 21.1 Å². The molecule has 11 heteroatoms. The zero-order chi connectivity index (χ0) is 22.9. The van der Waals surface area contributed by atoms with Crippen LogP contribution < -0.4 is 20.7 Å². The van der Waals surface area contributed by atoms with Crippen molar-refractivity contribution in [2.24, 2.45) is 7.05 Å². The Labute approximate surface area is 177 Å². The fraction of sp³-hybridized carbons (Fsp3) is 0.200. The quantitative estimate of drug-likeness (QED) is 0.527. The Morgan fingerprint density at radius 3 is 2.29 bits per heavy atom. The Hall–Kier alpha value is -3.27. The molecule has 0 bridgehead atoms. The first-order valence-corrected chi connectivity index (χ1v) is 9.21. The van der Waals surface area contributed by atoms with Crippen molar-refractivity contribution < 1.29 is 27.0 Å². The van der Waals surface area contributed by atoms with Crippen LogP contribution in [-0.2, 0) is 13.2 Å². The average molecular weight is 459 g/mol. The third-order valence-electron chi connectivity index (χ3n) is 4.22. The van der Waals surface area contributed by atoms with E-state index in [1.54, 1.807) is 31.2 Å². The summed E-state index contributed by atoms with van der Waals surface area (Å²) in [5, 5.41) is -0.190. The summed E-state index contributed by atoms with van der Waals surface area (Å²) in [6, 6.07) is 8.46. The molecule has 2 aromatic carbocycles. The van der Waals surface area contributed by atoms with Crippen LogP contribution in [0.3, 0.4) is 0 Å². The van der Waals surface area contributed by atoms with Gasteiger partial charge in [0, 0.05) is 19.2 Å². The molecule has 0 aliphatic heterocycles. The van der Waals surface area contributed by atoms with Gasteiger partial charge in [0.15, 0.2) is 11.5 Å². The van der Waals surface area contributed by atoms with Gasteiger partial charge in [0.2, 0.25) is 0 Å². The molecule has 0 radical (unpaired) electrons. The van der Waals surface area contributed by atoms with E-state index in [1.165, 1.54) is 0 Å². The minimum atomic E-state index is -4.94. The molecule has 0 N–H and O–H groups in total. The highest BCUT2D eigenvalue weighted by Gasteiger charge is 2.35. The summed E-state index contributed by atoms with van der Waals surface area (Å²) in [4.78, 5) is 24.8. The van der Waals surface area contributed by atoms with E-state index in [0.717, 1.165) is 19.2 Å². The minimum absolute atomic E-state index is 0.140. The van der Waals surface area contributed by atoms with Crippen LogP contribution in [0.2, 0.25) is 5.02 Å². The predicted octanol–water partition coefficient (Wildman–Crippen LogP) is 4.54. The van der Waals surface area contributed by atoms with Crippen molar-refractivity contribution in [2.45, 2.75) is 13.1 Å². The van der Waals surface area contributed by atoms with Crippen LogP contribution >= 0.6 is 11.6 Å². The zero-order valence-corrected chi connectivity index (χ0v) is 16.9. The maximum absolute atomic E-state index is 14.6. The number of hydrogen-bond acceptors (Lipinski definition) is 4. The normalized spacial score (nSPS) is 11.5. The number of alkyl halides is 3. The van der Waals surface area contributed by atoms with Gasteiger partial charge in [0.05, 0.1) is 17.3 Å². The van der Waals surface area contributed by atoms with Crippen molar-refractivity contribution in [1.29, 1.82) is 0 Å². The SMILES string of the molecule is CCOc1ccccc1Oc1cc(-n2c(=O)cc(C(F)(F)F)n(C)c2=O)c(F)cc1Cl. The van der Waals surface area contributed by atoms with Gasteiger partial charge in [-0.05, 0) is 25.1 Å². The largest absolute Gasteiger partial charge is 0.490 e. The van der Waals surface area contributed by atoms with Crippen molar-refractivity contribution in [2.75, 3.05) is 6.61 Å². The second-order valence-electron chi connectivity index (χ2n) is 6.26. The molecule has 0 amide bonds. The Balaban J connectivity index is 2.17. The number of rotatable bonds is 5. The van der Waals surface area contributed by atoms with Gasteiger partial charge in [-0.2, -0.15) is 13.2 Å². The van der Waals surface area contributed by atoms with Crippen molar-refractivity contribution >= 4 is 11.6 Å². The molecular formula is C20H15ClF4N2O4. The molecular weight excluding hydrogens is 444 g/mol. The molecule has 0 spiro atoms. The van der Waals surface area contributed by atoms with Crippen LogP contribution in [0.1, 0.15) is 12.6 Å². The molecule has 6 nitrogen and oxygen atoms in total. The number of halogens is 5. The van der Waals surface area contributed by atoms with Gasteiger partial charge in [-0.15, -0.1) is 0 Å². The summed E-state index contributed by atoms with van der Waals surface area (Å²) in [6.45, 7) is 2.09. The van der Waals surface area contributed by atoms with Gasteiger partial charge in [0.1, 0.15) is 17.3 Å². The van der Waals surface area contributed by atoms with E-state index < -0.39 is 34.6 Å². The third-order valence-corrected chi connectivity index (χ3v) is 4.52. The third kappa shape index (κ3) is 4.43. The zero-order valence-electron chi connectivity index (χ0n) is 16.2. The number of hydrogen-bond donors (Lipinski definition) is 0. The lowest BCUT2D eigenvalue weighted by molar-refractivity contribution is -0.144. The molecule has 0 saturated carbocycles. The highest BCUT2D eigenvalue weighted by molar-refractivity contribution is 6.32. The maximum atomic E-state index is 14.6. The molecule has 3 aromatic rings. The molecule has 31 heavy (non-hydrogen) atoms. The fourth-order valence-corrected chi connectivity index (χ4v) is 3.00. The van der Waals surface area contributed by atoms with Crippen LogP contribution in [0, 0.1) is 5.82 Å². The van der Waals surface area contributed by atoms with Crippen LogP contribution in [0.4, 0.5) is 17.6 Å². The molecule has 0 aliphatic rings. The van der Waals surface area contributed by atoms with E-state index in [-0.39, 0.29) is 31.7 Å². The van der Waals surface area contributed by atoms with Gasteiger partial charge in [-0.3, -0.25) is 9.36 Å². The highest BCUT2D eigenvalue weighted by atomic mass is 35.5. The van der Waals surface area contributed by atoms with Gasteiger partial charge < -0.3 is 9.47 Å². The van der Waals surface area contributed by atoms with E-state index in [2.05, 4.69) is 0 Å². The highest BCUT2D eigenvalue weighted by Crippen LogP contribution is 2.37. The molecule has 3 rings (SSSR count). The summed E-state index contributed by atoms with van der Waals surface area (Å²) in [6.07, 6.45) is -4.94. The Morgan fingerprint density at radius 1 is 1.03 bits per heavy atom. The number of ether oxygens (including phenoxy) is 2. The number of benzene rings is 2. The number of aromatic nitrogens is 2. The van der Waals surface area contributed by atoms with Gasteiger partial charge in [-0.1, -0.05) is 23.7 Å². The Morgan fingerprint density at radius 2 is 1.68 bits per heavy atom. The first kappa shape index (κ1) is 22.4. The van der Waals surface area contributed by atoms with Crippen LogP contribution in [0.5, 0.6) is 17.2 Å². The second-order valence-corrected chi connectivity index (χ2v) is 6.67. The maximum Gasteiger partial charge on any atom is 0.431 e. The second kappa shape index (κ2) is 8.46. The lowest BCUT2D eigenvalue weighted by atomic mass is 10.2. The molecule has 0 aliphatic carbocycles. The van der Waals surface area contributed by atoms with Crippen molar-refractivity contribution in [3.63, 3.8) is 0 Å². The van der Waals surface area contributed by atoms with E-state index in [1.807, 2.05) is 0 Å². The van der Waals surface area contributed by atoms with Gasteiger partial charge in [-0.25, -0.2) is 13.8 Å². The summed E-state index contributed by atoms with van der Waals surface area (Å²) < 4.78 is 65.3. The number of para-hydroxylation sites is 2. The van der Waals surface area contributed by atoms with Crippen LogP contribution in [-0.4, -0.2) is 15.7 Å². The minimum Gasteiger partial charge on any atom is -0.490 e. The van der Waals surface area contributed by atoms with Crippen molar-refractivity contribution in [3.8, 4) is 22.9 Å². The molecule has 164 valence electrons. The molecule has 1 aromatic heterocycles. The first-order valence-electron chi connectivity index (χ1n) is 8.84. The summed E-state index contributed by atoms with van der Waals surface area (Å²) in [5.41, 5.74) is -4.83. The van der Waals surface area contributed by atoms with E-state index >= 15 is 0 Å². The van der Waals surface area contributed by atoms with Crippen LogP contribution in [0.15, 0.2) is 52.1 Å². The van der Waals surface area contributed by atoms with Gasteiger partial charge in [0.25, 0.3) is 5.56 Å². The van der Waals surface area contributed by atoms with Crippen molar-refractivity contribution in [1.82, 2.24) is 9.13 Å². The summed E-state index contributed by atoms with van der Waals surface area (Å²) in [5.74, 6) is -0.667. The van der Waals surface area contributed by atoms with Gasteiger partial charge >= 0.3 is 11.9 Å². The molecule has 0 unspecified atom stereocenters. The van der Waals surface area contributed by atoms with E-state index in [0.29, 0.717) is 12.4 Å². The van der Waals surface area contributed by atoms with Crippen molar-refractivity contribution in [3.05, 3.63) is 79.8 Å². The monoisotopic (exact) mass is 458 g/mol. The fourth-order valence-electron chi connectivity index (χ4n) is 2.82. The number of nitrogens with zero attached hydrogens (tertiary/aromatic N) is 2. The topological polar surface area (TPSA) is 62.5 Å². The molecule has 0 saturated heterocycles. The van der Waals surface area contributed by atoms with E-state index in [9.17, 15) is 27.2 Å². The lowest BCUT2D eigenvalue weighted by Gasteiger charge is -2.16. The Kier molecular flexibility index (Phi) is 6.12.